The van der Waals surface area contributed by atoms with Gasteiger partial charge in [0.05, 0.1) is 35.4 Å². The lowest BCUT2D eigenvalue weighted by Crippen LogP contribution is -2.55. The minimum atomic E-state index is -0.319. The summed E-state index contributed by atoms with van der Waals surface area (Å²) in [5.41, 5.74) is 3.60. The maximum atomic E-state index is 13.0. The molecule has 7 rings (SSSR count). The first-order chi connectivity index (χ1) is 13.1. The molecule has 27 heavy (non-hydrogen) atoms. The predicted octanol–water partition coefficient (Wildman–Crippen LogP) is 2.83. The second kappa shape index (κ2) is 5.12. The Balaban J connectivity index is 1.51. The van der Waals surface area contributed by atoms with E-state index in [1.54, 1.807) is 6.20 Å². The van der Waals surface area contributed by atoms with Crippen LogP contribution in [-0.2, 0) is 16.0 Å². The van der Waals surface area contributed by atoms with Gasteiger partial charge in [-0.05, 0) is 49.9 Å². The number of hydrogen-bond acceptors (Lipinski definition) is 4. The lowest BCUT2D eigenvalue weighted by molar-refractivity contribution is -0.173. The Labute approximate surface area is 156 Å². The molecule has 2 atom stereocenters. The van der Waals surface area contributed by atoms with Crippen LogP contribution in [0, 0.1) is 23.2 Å². The van der Waals surface area contributed by atoms with E-state index in [9.17, 15) is 9.59 Å². The highest BCUT2D eigenvalue weighted by atomic mass is 16.5. The number of aromatic nitrogens is 3. The highest BCUT2D eigenvalue weighted by molar-refractivity contribution is 5.87. The van der Waals surface area contributed by atoms with Gasteiger partial charge in [-0.25, -0.2) is 4.79 Å². The monoisotopic (exact) mass is 365 g/mol. The number of methoxy groups -OCH3 is 1. The molecule has 2 aromatic rings. The number of H-pyrrole nitrogens is 1. The van der Waals surface area contributed by atoms with Crippen molar-refractivity contribution in [2.24, 2.45) is 23.2 Å². The number of nitrogens with one attached hydrogen (secondary N) is 1. The van der Waals surface area contributed by atoms with E-state index in [1.165, 1.54) is 7.11 Å². The normalized spacial score (nSPS) is 35.7. The van der Waals surface area contributed by atoms with Gasteiger partial charge in [0, 0.05) is 18.0 Å². The largest absolute Gasteiger partial charge is 0.469 e. The van der Waals surface area contributed by atoms with Crippen LogP contribution < -0.4 is 5.69 Å². The molecular weight excluding hydrogens is 342 g/mol. The summed E-state index contributed by atoms with van der Waals surface area (Å²) in [4.78, 5) is 33.1. The zero-order valence-electron chi connectivity index (χ0n) is 15.4. The van der Waals surface area contributed by atoms with Crippen LogP contribution in [0.25, 0.3) is 17.1 Å². The fraction of sp³-hybridized carbons (Fsp3) is 0.571. The van der Waals surface area contributed by atoms with E-state index < -0.39 is 0 Å². The van der Waals surface area contributed by atoms with Gasteiger partial charge in [-0.2, -0.15) is 0 Å². The minimum Gasteiger partial charge on any atom is -0.469 e. The number of esters is 1. The third-order valence-electron chi connectivity index (χ3n) is 7.61. The summed E-state index contributed by atoms with van der Waals surface area (Å²) in [6.45, 7) is 0. The molecule has 0 amide bonds. The van der Waals surface area contributed by atoms with Crippen molar-refractivity contribution in [1.82, 2.24) is 14.5 Å². The molecule has 4 bridgehead atoms. The fourth-order valence-electron chi connectivity index (χ4n) is 6.98. The Hall–Kier alpha value is -2.37. The van der Waals surface area contributed by atoms with Crippen molar-refractivity contribution in [3.05, 3.63) is 34.0 Å². The van der Waals surface area contributed by atoms with Crippen LogP contribution >= 0.6 is 0 Å². The standard InChI is InChI=1S/C21H23N3O3/c1-27-19(25)21-7-11-5-12(8-21)17(13(6-11)9-21)24-18-14-3-2-4-15(14)22-10-16(18)23-20(24)26/h2-3,10-13,17H,4-9H2,1H3,(H,23,26). The zero-order valence-corrected chi connectivity index (χ0v) is 15.4. The summed E-state index contributed by atoms with van der Waals surface area (Å²) in [7, 11) is 1.51. The van der Waals surface area contributed by atoms with Crippen LogP contribution in [-0.4, -0.2) is 27.6 Å². The summed E-state index contributed by atoms with van der Waals surface area (Å²) in [5.74, 6) is 1.27. The van der Waals surface area contributed by atoms with Crippen molar-refractivity contribution in [2.45, 2.75) is 44.6 Å². The maximum absolute atomic E-state index is 13.0. The molecule has 6 heteroatoms. The first-order valence-corrected chi connectivity index (χ1v) is 9.97. The minimum absolute atomic E-state index is 0.0370. The first-order valence-electron chi connectivity index (χ1n) is 9.97. The number of carbonyl (C=O) groups excluding carboxylic acids is 1. The maximum Gasteiger partial charge on any atom is 0.326 e. The van der Waals surface area contributed by atoms with Gasteiger partial charge in [0.15, 0.2) is 0 Å². The average Bonchev–Trinajstić information content (AvgIpc) is 3.24. The summed E-state index contributed by atoms with van der Waals surface area (Å²) < 4.78 is 7.20. The van der Waals surface area contributed by atoms with Crippen molar-refractivity contribution in [1.29, 1.82) is 0 Å². The summed E-state index contributed by atoms with van der Waals surface area (Å²) in [6.07, 6.45) is 11.7. The summed E-state index contributed by atoms with van der Waals surface area (Å²) in [6, 6.07) is 0.168. The smallest absolute Gasteiger partial charge is 0.326 e. The molecule has 0 spiro atoms. The van der Waals surface area contributed by atoms with Gasteiger partial charge in [0.25, 0.3) is 0 Å². The Bertz CT molecular complexity index is 1050. The number of rotatable bonds is 2. The van der Waals surface area contributed by atoms with Gasteiger partial charge in [-0.3, -0.25) is 14.3 Å². The Kier molecular flexibility index (Phi) is 2.97. The molecule has 2 unspecified atom stereocenters. The second-order valence-electron chi connectivity index (χ2n) is 9.02. The van der Waals surface area contributed by atoms with Gasteiger partial charge in [0.2, 0.25) is 0 Å². The number of fused-ring (bicyclic) bond motifs is 3. The third-order valence-corrected chi connectivity index (χ3v) is 7.61. The molecule has 2 heterocycles. The van der Waals surface area contributed by atoms with Crippen LogP contribution in [0.1, 0.15) is 49.4 Å². The van der Waals surface area contributed by atoms with Crippen LogP contribution in [0.15, 0.2) is 17.1 Å². The Morgan fingerprint density at radius 1 is 1.30 bits per heavy atom. The SMILES string of the molecule is COC(=O)C12CC3CC(C1)C(n1c(=O)[nH]c4cnc5c(c41)C=CC5)C(C3)C2. The lowest BCUT2D eigenvalue weighted by Gasteiger charge is -2.58. The number of ether oxygens (including phenoxy) is 1. The van der Waals surface area contributed by atoms with Gasteiger partial charge < -0.3 is 9.72 Å². The number of hydrogen-bond donors (Lipinski definition) is 1. The molecule has 4 fully saturated rings. The van der Waals surface area contributed by atoms with E-state index in [2.05, 4.69) is 22.1 Å². The van der Waals surface area contributed by atoms with Crippen LogP contribution in [0.2, 0.25) is 0 Å². The van der Waals surface area contributed by atoms with Crippen molar-refractivity contribution in [2.75, 3.05) is 7.11 Å². The van der Waals surface area contributed by atoms with E-state index in [0.717, 1.165) is 60.8 Å². The van der Waals surface area contributed by atoms with E-state index in [4.69, 9.17) is 4.74 Å². The molecule has 5 aliphatic rings. The van der Waals surface area contributed by atoms with Gasteiger partial charge in [-0.1, -0.05) is 12.2 Å². The summed E-state index contributed by atoms with van der Waals surface area (Å²) in [5, 5.41) is 0. The quantitative estimate of drug-likeness (QED) is 0.830. The molecule has 0 aliphatic heterocycles. The number of aromatic amines is 1. The molecule has 0 saturated heterocycles. The molecule has 6 nitrogen and oxygen atoms in total. The molecule has 2 aromatic heterocycles. The van der Waals surface area contributed by atoms with Crippen molar-refractivity contribution in [3.8, 4) is 0 Å². The number of imidazole rings is 1. The van der Waals surface area contributed by atoms with Crippen molar-refractivity contribution >= 4 is 23.1 Å². The van der Waals surface area contributed by atoms with Gasteiger partial charge >= 0.3 is 11.7 Å². The number of pyridine rings is 1. The number of allylic oxidation sites excluding steroid dienone is 1. The van der Waals surface area contributed by atoms with E-state index in [-0.39, 0.29) is 23.1 Å². The van der Waals surface area contributed by atoms with E-state index in [0.29, 0.717) is 17.8 Å². The summed E-state index contributed by atoms with van der Waals surface area (Å²) >= 11 is 0. The lowest BCUT2D eigenvalue weighted by atomic mass is 9.48. The first kappa shape index (κ1) is 15.7. The molecule has 140 valence electrons. The highest BCUT2D eigenvalue weighted by Gasteiger charge is 2.59. The number of carbonyl (C=O) groups is 1. The molecular formula is C21H23N3O3. The topological polar surface area (TPSA) is 77.0 Å². The average molecular weight is 365 g/mol. The molecule has 5 aliphatic carbocycles. The molecule has 4 saturated carbocycles. The van der Waals surface area contributed by atoms with Gasteiger partial charge in [0.1, 0.15) is 0 Å². The van der Waals surface area contributed by atoms with E-state index >= 15 is 0 Å². The van der Waals surface area contributed by atoms with Crippen LogP contribution in [0.3, 0.4) is 0 Å². The second-order valence-corrected chi connectivity index (χ2v) is 9.02. The van der Waals surface area contributed by atoms with Crippen LogP contribution in [0.4, 0.5) is 0 Å². The van der Waals surface area contributed by atoms with E-state index in [1.807, 2.05) is 4.57 Å². The Morgan fingerprint density at radius 3 is 2.81 bits per heavy atom. The zero-order chi connectivity index (χ0) is 18.3. The highest BCUT2D eigenvalue weighted by Crippen LogP contribution is 2.64. The number of nitrogens with zero attached hydrogens (tertiary/aromatic N) is 2. The predicted molar refractivity (Wildman–Crippen MR) is 100 cm³/mol. The van der Waals surface area contributed by atoms with Gasteiger partial charge in [-0.15, -0.1) is 0 Å². The molecule has 0 radical (unpaired) electrons. The van der Waals surface area contributed by atoms with Crippen molar-refractivity contribution in [3.63, 3.8) is 0 Å². The molecule has 0 aromatic carbocycles. The van der Waals surface area contributed by atoms with Crippen LogP contribution in [0.5, 0.6) is 0 Å². The molecule has 1 N–H and O–H groups in total. The fourth-order valence-corrected chi connectivity index (χ4v) is 6.98. The third kappa shape index (κ3) is 1.93. The van der Waals surface area contributed by atoms with Crippen molar-refractivity contribution < 1.29 is 9.53 Å². The Morgan fingerprint density at radius 2 is 2.07 bits per heavy atom.